The van der Waals surface area contributed by atoms with Gasteiger partial charge in [0.15, 0.2) is 5.15 Å². The number of aryl methyl sites for hydroxylation is 1. The van der Waals surface area contributed by atoms with Crippen LogP contribution in [0.4, 0.5) is 0 Å². The van der Waals surface area contributed by atoms with Crippen LogP contribution >= 0.6 is 11.6 Å². The summed E-state index contributed by atoms with van der Waals surface area (Å²) in [6, 6.07) is 9.58. The lowest BCUT2D eigenvalue weighted by atomic mass is 10.1. The minimum absolute atomic E-state index is 0.429. The first-order chi connectivity index (χ1) is 7.72. The molecule has 0 aliphatic carbocycles. The lowest BCUT2D eigenvalue weighted by Crippen LogP contribution is -1.93. The molecular weight excluding hydrogens is 224 g/mol. The molecule has 0 bridgehead atoms. The Balaban J connectivity index is 2.54. The molecular formula is C12H11ClN2O. The van der Waals surface area contributed by atoms with Crippen molar-refractivity contribution in [1.29, 1.82) is 0 Å². The van der Waals surface area contributed by atoms with Crippen LogP contribution in [0.15, 0.2) is 30.3 Å². The fourth-order valence-corrected chi connectivity index (χ4v) is 1.55. The van der Waals surface area contributed by atoms with Crippen molar-refractivity contribution in [2.75, 3.05) is 7.11 Å². The van der Waals surface area contributed by atoms with E-state index in [0.717, 1.165) is 22.6 Å². The normalized spacial score (nSPS) is 10.2. The van der Waals surface area contributed by atoms with Gasteiger partial charge in [0.2, 0.25) is 0 Å². The number of aromatic nitrogens is 2. The lowest BCUT2D eigenvalue weighted by molar-refractivity contribution is 0.416. The molecule has 1 aromatic heterocycles. The Morgan fingerprint density at radius 3 is 2.62 bits per heavy atom. The van der Waals surface area contributed by atoms with Crippen molar-refractivity contribution < 1.29 is 4.74 Å². The molecule has 0 N–H and O–H groups in total. The Morgan fingerprint density at radius 1 is 1.19 bits per heavy atom. The van der Waals surface area contributed by atoms with Crippen molar-refractivity contribution in [2.45, 2.75) is 6.92 Å². The van der Waals surface area contributed by atoms with Gasteiger partial charge in [-0.1, -0.05) is 23.7 Å². The van der Waals surface area contributed by atoms with E-state index in [0.29, 0.717) is 5.15 Å². The third-order valence-electron chi connectivity index (χ3n) is 2.31. The minimum Gasteiger partial charge on any atom is -0.496 e. The zero-order chi connectivity index (χ0) is 11.5. The smallest absolute Gasteiger partial charge is 0.154 e. The standard InChI is InChI=1S/C12H11ClN2O/c1-8-7-10(14-15-12(8)13)9-5-3-4-6-11(9)16-2/h3-7H,1-2H3. The highest BCUT2D eigenvalue weighted by Crippen LogP contribution is 2.28. The summed E-state index contributed by atoms with van der Waals surface area (Å²) >= 11 is 5.84. The highest BCUT2D eigenvalue weighted by atomic mass is 35.5. The van der Waals surface area contributed by atoms with Crippen LogP contribution in [0, 0.1) is 6.92 Å². The first-order valence-electron chi connectivity index (χ1n) is 4.85. The van der Waals surface area contributed by atoms with Crippen LogP contribution in [0.3, 0.4) is 0 Å². The summed E-state index contributed by atoms with van der Waals surface area (Å²) in [5.41, 5.74) is 2.58. The van der Waals surface area contributed by atoms with Crippen molar-refractivity contribution in [3.63, 3.8) is 0 Å². The molecule has 2 rings (SSSR count). The summed E-state index contributed by atoms with van der Waals surface area (Å²) in [4.78, 5) is 0. The molecule has 1 aromatic carbocycles. The van der Waals surface area contributed by atoms with Gasteiger partial charge in [0, 0.05) is 5.56 Å². The molecule has 0 saturated heterocycles. The largest absolute Gasteiger partial charge is 0.496 e. The first kappa shape index (κ1) is 10.9. The van der Waals surface area contributed by atoms with Crippen molar-refractivity contribution in [3.05, 3.63) is 41.0 Å². The minimum atomic E-state index is 0.429. The molecule has 0 atom stereocenters. The number of para-hydroxylation sites is 1. The van der Waals surface area contributed by atoms with E-state index < -0.39 is 0 Å². The summed E-state index contributed by atoms with van der Waals surface area (Å²) in [5, 5.41) is 8.38. The van der Waals surface area contributed by atoms with E-state index in [1.165, 1.54) is 0 Å². The Hall–Kier alpha value is -1.61. The molecule has 0 radical (unpaired) electrons. The quantitative estimate of drug-likeness (QED) is 0.801. The van der Waals surface area contributed by atoms with Crippen LogP contribution in [0.1, 0.15) is 5.56 Å². The molecule has 0 aliphatic heterocycles. The maximum Gasteiger partial charge on any atom is 0.154 e. The number of methoxy groups -OCH3 is 1. The fourth-order valence-electron chi connectivity index (χ4n) is 1.46. The number of benzene rings is 1. The Morgan fingerprint density at radius 2 is 1.94 bits per heavy atom. The maximum absolute atomic E-state index is 5.84. The van der Waals surface area contributed by atoms with Gasteiger partial charge in [-0.25, -0.2) is 0 Å². The van der Waals surface area contributed by atoms with Gasteiger partial charge < -0.3 is 4.74 Å². The van der Waals surface area contributed by atoms with Crippen LogP contribution in [0.5, 0.6) is 5.75 Å². The molecule has 0 spiro atoms. The number of nitrogens with zero attached hydrogens (tertiary/aromatic N) is 2. The molecule has 4 heteroatoms. The van der Waals surface area contributed by atoms with Gasteiger partial charge >= 0.3 is 0 Å². The second kappa shape index (κ2) is 4.49. The average molecular weight is 235 g/mol. The highest BCUT2D eigenvalue weighted by molar-refractivity contribution is 6.30. The Bertz CT molecular complexity index is 514. The predicted octanol–water partition coefficient (Wildman–Crippen LogP) is 3.11. The van der Waals surface area contributed by atoms with Crippen molar-refractivity contribution in [3.8, 4) is 17.0 Å². The first-order valence-corrected chi connectivity index (χ1v) is 5.23. The monoisotopic (exact) mass is 234 g/mol. The number of rotatable bonds is 2. The van der Waals surface area contributed by atoms with Crippen LogP contribution in [-0.4, -0.2) is 17.3 Å². The number of hydrogen-bond acceptors (Lipinski definition) is 3. The molecule has 3 nitrogen and oxygen atoms in total. The molecule has 0 amide bonds. The van der Waals surface area contributed by atoms with Gasteiger partial charge in [-0.2, -0.15) is 0 Å². The number of hydrogen-bond donors (Lipinski definition) is 0. The third-order valence-corrected chi connectivity index (χ3v) is 2.68. The number of halogens is 1. The van der Waals surface area contributed by atoms with Gasteiger partial charge in [-0.3, -0.25) is 0 Å². The van der Waals surface area contributed by atoms with Gasteiger partial charge in [-0.05, 0) is 30.7 Å². The van der Waals surface area contributed by atoms with Gasteiger partial charge in [0.25, 0.3) is 0 Å². The Kier molecular flexibility index (Phi) is 3.06. The number of ether oxygens (including phenoxy) is 1. The zero-order valence-electron chi connectivity index (χ0n) is 9.07. The van der Waals surface area contributed by atoms with Gasteiger partial charge in [0.05, 0.1) is 12.8 Å². The molecule has 2 aromatic rings. The van der Waals surface area contributed by atoms with E-state index >= 15 is 0 Å². The molecule has 0 saturated carbocycles. The summed E-state index contributed by atoms with van der Waals surface area (Å²) < 4.78 is 5.27. The van der Waals surface area contributed by atoms with E-state index in [4.69, 9.17) is 16.3 Å². The molecule has 1 heterocycles. The summed E-state index contributed by atoms with van der Waals surface area (Å²) in [5.74, 6) is 0.776. The maximum atomic E-state index is 5.84. The topological polar surface area (TPSA) is 35.0 Å². The predicted molar refractivity (Wildman–Crippen MR) is 63.8 cm³/mol. The summed E-state index contributed by atoms with van der Waals surface area (Å²) in [6.07, 6.45) is 0. The molecule has 0 aliphatic rings. The molecule has 82 valence electrons. The second-order valence-electron chi connectivity index (χ2n) is 3.40. The van der Waals surface area contributed by atoms with Crippen LogP contribution in [0.25, 0.3) is 11.3 Å². The van der Waals surface area contributed by atoms with Crippen LogP contribution in [-0.2, 0) is 0 Å². The Labute approximate surface area is 99.0 Å². The van der Waals surface area contributed by atoms with E-state index in [-0.39, 0.29) is 0 Å². The summed E-state index contributed by atoms with van der Waals surface area (Å²) in [6.45, 7) is 1.90. The van der Waals surface area contributed by atoms with Crippen LogP contribution < -0.4 is 4.74 Å². The lowest BCUT2D eigenvalue weighted by Gasteiger charge is -2.07. The third kappa shape index (κ3) is 1.99. The van der Waals surface area contributed by atoms with Gasteiger partial charge in [0.1, 0.15) is 5.75 Å². The summed E-state index contributed by atoms with van der Waals surface area (Å²) in [7, 11) is 1.63. The zero-order valence-corrected chi connectivity index (χ0v) is 9.82. The van der Waals surface area contributed by atoms with E-state index in [9.17, 15) is 0 Å². The van der Waals surface area contributed by atoms with E-state index in [1.807, 2.05) is 37.3 Å². The van der Waals surface area contributed by atoms with Crippen LogP contribution in [0.2, 0.25) is 5.15 Å². The molecule has 0 unspecified atom stereocenters. The van der Waals surface area contributed by atoms with Crippen molar-refractivity contribution in [1.82, 2.24) is 10.2 Å². The van der Waals surface area contributed by atoms with Crippen molar-refractivity contribution in [2.24, 2.45) is 0 Å². The molecule has 16 heavy (non-hydrogen) atoms. The second-order valence-corrected chi connectivity index (χ2v) is 3.76. The van der Waals surface area contributed by atoms with E-state index in [1.54, 1.807) is 7.11 Å². The fraction of sp³-hybridized carbons (Fsp3) is 0.167. The average Bonchev–Trinajstić information content (AvgIpc) is 2.32. The van der Waals surface area contributed by atoms with Gasteiger partial charge in [-0.15, -0.1) is 10.2 Å². The SMILES string of the molecule is COc1ccccc1-c1cc(C)c(Cl)nn1. The molecule has 0 fully saturated rings. The highest BCUT2D eigenvalue weighted by Gasteiger charge is 2.08. The van der Waals surface area contributed by atoms with E-state index in [2.05, 4.69) is 10.2 Å². The van der Waals surface area contributed by atoms with Crippen molar-refractivity contribution >= 4 is 11.6 Å².